The molecule has 0 amide bonds. The minimum atomic E-state index is 0. The van der Waals surface area contributed by atoms with Gasteiger partial charge in [0.05, 0.1) is 12.2 Å². The third kappa shape index (κ3) is 13.2. The number of aliphatic hydroxyl groups is 1. The van der Waals surface area contributed by atoms with E-state index in [9.17, 15) is 0 Å². The van der Waals surface area contributed by atoms with E-state index in [1.165, 1.54) is 11.1 Å². The van der Waals surface area contributed by atoms with Gasteiger partial charge in [-0.05, 0) is 49.5 Å². The number of fused-ring (bicyclic) bond motifs is 2. The lowest BCUT2D eigenvalue weighted by atomic mass is 10.2. The van der Waals surface area contributed by atoms with Gasteiger partial charge in [-0.3, -0.25) is 4.90 Å². The van der Waals surface area contributed by atoms with Crippen LogP contribution in [0.25, 0.3) is 22.1 Å². The number of H-pyrrole nitrogens is 1. The number of hydrogen-bond donors (Lipinski definition) is 3. The molecule has 2 heterocycles. The molecule has 2 aromatic heterocycles. The Labute approximate surface area is 255 Å². The molecule has 0 saturated heterocycles. The predicted molar refractivity (Wildman–Crippen MR) is 177 cm³/mol. The molecule has 4 aromatic carbocycles. The number of rotatable bonds is 6. The van der Waals surface area contributed by atoms with Gasteiger partial charge in [0, 0.05) is 20.2 Å². The van der Waals surface area contributed by atoms with Gasteiger partial charge in [-0.15, -0.1) is 5.10 Å². The van der Waals surface area contributed by atoms with Gasteiger partial charge in [0.15, 0.2) is 0 Å². The largest absolute Gasteiger partial charge is 0.400 e. The third-order valence-corrected chi connectivity index (χ3v) is 5.54. The maximum Gasteiger partial charge on any atom is 0.113 e. The molecule has 10 nitrogen and oxygen atoms in total. The van der Waals surface area contributed by atoms with Crippen molar-refractivity contribution in [1.29, 1.82) is 0 Å². The van der Waals surface area contributed by atoms with E-state index in [1.807, 2.05) is 91.3 Å². The van der Waals surface area contributed by atoms with Crippen LogP contribution in [-0.2, 0) is 24.6 Å². The highest BCUT2D eigenvalue weighted by molar-refractivity contribution is 5.74. The van der Waals surface area contributed by atoms with Crippen LogP contribution in [0, 0.1) is 0 Å². The van der Waals surface area contributed by atoms with Crippen LogP contribution in [0.1, 0.15) is 26.0 Å². The standard InChI is InChI=1S/C15H16N4.C8H11N.C6H5N3.CH4O.CH2O.2CH4/c1-18(11-13-7-3-2-4-8-13)12-19-15-10-6-5-9-14(15)16-17-19;1-9-7-8-5-3-2-4-6-8;1-2-4-6-5(3-1)7-9-8-6;2*1-2;;/h2-10H,11-12H2,1H3;2-6,9H,7H2,1H3;1-4H,(H,7,8,9);2H,1H3;1H2;2*1H4. The van der Waals surface area contributed by atoms with Crippen LogP contribution in [0.5, 0.6) is 0 Å². The molecule has 43 heavy (non-hydrogen) atoms. The lowest BCUT2D eigenvalue weighted by Crippen LogP contribution is -2.22. The molecule has 6 rings (SSSR count). The van der Waals surface area contributed by atoms with Gasteiger partial charge in [-0.1, -0.05) is 105 Å². The number of aromatic amines is 1. The van der Waals surface area contributed by atoms with Crippen LogP contribution in [0.15, 0.2) is 109 Å². The molecule has 0 radical (unpaired) electrons. The summed E-state index contributed by atoms with van der Waals surface area (Å²) in [5.74, 6) is 0. The van der Waals surface area contributed by atoms with Crippen molar-refractivity contribution in [3.63, 3.8) is 0 Å². The summed E-state index contributed by atoms with van der Waals surface area (Å²) < 4.78 is 1.93. The zero-order valence-corrected chi connectivity index (χ0v) is 23.8. The lowest BCUT2D eigenvalue weighted by Gasteiger charge is -2.16. The minimum absolute atomic E-state index is 0. The second-order valence-electron chi connectivity index (χ2n) is 8.55. The molecule has 6 aromatic rings. The fraction of sp³-hybridized carbons (Fsp3) is 0.242. The quantitative estimate of drug-likeness (QED) is 0.231. The van der Waals surface area contributed by atoms with Crippen molar-refractivity contribution in [3.05, 3.63) is 120 Å². The number of aromatic nitrogens is 6. The van der Waals surface area contributed by atoms with Gasteiger partial charge in [-0.25, -0.2) is 4.68 Å². The van der Waals surface area contributed by atoms with Crippen LogP contribution >= 0.6 is 0 Å². The summed E-state index contributed by atoms with van der Waals surface area (Å²) >= 11 is 0. The molecule has 0 bridgehead atoms. The van der Waals surface area contributed by atoms with Crippen molar-refractivity contribution >= 4 is 28.9 Å². The van der Waals surface area contributed by atoms with Crippen molar-refractivity contribution < 1.29 is 9.90 Å². The van der Waals surface area contributed by atoms with E-state index >= 15 is 0 Å². The van der Waals surface area contributed by atoms with Gasteiger partial charge in [0.2, 0.25) is 0 Å². The Morgan fingerprint density at radius 2 is 1.21 bits per heavy atom. The summed E-state index contributed by atoms with van der Waals surface area (Å²) in [6.07, 6.45) is 0. The first kappa shape index (κ1) is 38.2. The van der Waals surface area contributed by atoms with Gasteiger partial charge in [-0.2, -0.15) is 15.4 Å². The maximum atomic E-state index is 8.00. The number of aliphatic hydroxyl groups excluding tert-OH is 1. The molecule has 0 fully saturated rings. The summed E-state index contributed by atoms with van der Waals surface area (Å²) in [6, 6.07) is 36.5. The molecule has 3 N–H and O–H groups in total. The summed E-state index contributed by atoms with van der Waals surface area (Å²) in [4.78, 5) is 10.2. The van der Waals surface area contributed by atoms with Crippen molar-refractivity contribution in [2.24, 2.45) is 0 Å². The highest BCUT2D eigenvalue weighted by Crippen LogP contribution is 2.11. The van der Waals surface area contributed by atoms with E-state index in [-0.39, 0.29) is 14.9 Å². The Bertz CT molecular complexity index is 1460. The molecular formula is C33H46N8O2. The number of nitrogens with one attached hydrogen (secondary N) is 2. The predicted octanol–water partition coefficient (Wildman–Crippen LogP) is 5.58. The number of carbonyl (C=O) groups excluding carboxylic acids is 1. The molecule has 0 spiro atoms. The minimum Gasteiger partial charge on any atom is -0.400 e. The summed E-state index contributed by atoms with van der Waals surface area (Å²) in [5, 5.41) is 28.8. The molecule has 0 saturated carbocycles. The SMILES string of the molecule is C.C.C=O.CN(Cc1ccccc1)Cn1nnc2ccccc21.CNCc1ccccc1.CO.c1ccc2n[nH]nc2c1. The second-order valence-corrected chi connectivity index (χ2v) is 8.55. The number of hydrogen-bond acceptors (Lipinski definition) is 8. The number of para-hydroxylation sites is 3. The smallest absolute Gasteiger partial charge is 0.113 e. The van der Waals surface area contributed by atoms with Crippen LogP contribution in [0.2, 0.25) is 0 Å². The number of benzene rings is 4. The van der Waals surface area contributed by atoms with Gasteiger partial charge >= 0.3 is 0 Å². The Kier molecular flexibility index (Phi) is 20.3. The molecular weight excluding hydrogens is 540 g/mol. The van der Waals surface area contributed by atoms with E-state index in [2.05, 4.69) is 79.4 Å². The number of carbonyl (C=O) groups is 1. The first-order chi connectivity index (χ1) is 20.2. The molecule has 0 aliphatic carbocycles. The Morgan fingerprint density at radius 3 is 1.74 bits per heavy atom. The van der Waals surface area contributed by atoms with E-state index in [0.717, 1.165) is 48.9 Å². The zero-order chi connectivity index (χ0) is 29.7. The maximum absolute atomic E-state index is 8.00. The highest BCUT2D eigenvalue weighted by atomic mass is 16.2. The first-order valence-electron chi connectivity index (χ1n) is 12.9. The molecule has 0 atom stereocenters. The number of nitrogens with zero attached hydrogens (tertiary/aromatic N) is 6. The van der Waals surface area contributed by atoms with E-state index in [0.29, 0.717) is 0 Å². The zero-order valence-electron chi connectivity index (χ0n) is 23.8. The summed E-state index contributed by atoms with van der Waals surface area (Å²) in [6.45, 7) is 4.59. The fourth-order valence-corrected chi connectivity index (χ4v) is 3.78. The Balaban J connectivity index is 0.000000623. The van der Waals surface area contributed by atoms with Crippen LogP contribution < -0.4 is 5.32 Å². The third-order valence-electron chi connectivity index (χ3n) is 5.54. The van der Waals surface area contributed by atoms with Crippen molar-refractivity contribution in [2.45, 2.75) is 34.6 Å². The highest BCUT2D eigenvalue weighted by Gasteiger charge is 2.06. The molecule has 0 unspecified atom stereocenters. The second kappa shape index (κ2) is 22.9. The monoisotopic (exact) mass is 586 g/mol. The van der Waals surface area contributed by atoms with Crippen LogP contribution in [0.3, 0.4) is 0 Å². The summed E-state index contributed by atoms with van der Waals surface area (Å²) in [5.41, 5.74) is 6.47. The van der Waals surface area contributed by atoms with Gasteiger partial charge in [0.1, 0.15) is 23.3 Å². The average Bonchev–Trinajstić information content (AvgIpc) is 3.69. The molecule has 0 aliphatic heterocycles. The van der Waals surface area contributed by atoms with E-state index in [4.69, 9.17) is 9.90 Å². The van der Waals surface area contributed by atoms with Crippen molar-refractivity contribution in [1.82, 2.24) is 40.6 Å². The Morgan fingerprint density at radius 1 is 0.744 bits per heavy atom. The van der Waals surface area contributed by atoms with Crippen molar-refractivity contribution in [2.75, 3.05) is 21.2 Å². The fourth-order valence-electron chi connectivity index (χ4n) is 3.78. The first-order valence-corrected chi connectivity index (χ1v) is 12.9. The molecule has 0 aliphatic rings. The molecule has 230 valence electrons. The van der Waals surface area contributed by atoms with Crippen LogP contribution in [0.4, 0.5) is 0 Å². The van der Waals surface area contributed by atoms with E-state index in [1.54, 1.807) is 0 Å². The van der Waals surface area contributed by atoms with Crippen molar-refractivity contribution in [3.8, 4) is 0 Å². The Hall–Kier alpha value is -4.77. The normalized spacial score (nSPS) is 9.33. The summed E-state index contributed by atoms with van der Waals surface area (Å²) in [7, 11) is 5.04. The van der Waals surface area contributed by atoms with Gasteiger partial charge in [0.25, 0.3) is 0 Å². The van der Waals surface area contributed by atoms with E-state index < -0.39 is 0 Å². The van der Waals surface area contributed by atoms with Gasteiger partial charge < -0.3 is 15.2 Å². The lowest BCUT2D eigenvalue weighted by molar-refractivity contribution is -0.0980. The topological polar surface area (TPSA) is 125 Å². The average molecular weight is 587 g/mol. The van der Waals surface area contributed by atoms with Crippen LogP contribution in [-0.4, -0.2) is 68.4 Å². The molecule has 10 heteroatoms.